The lowest BCUT2D eigenvalue weighted by atomic mass is 9.80. The van der Waals surface area contributed by atoms with Gasteiger partial charge in [0, 0.05) is 11.6 Å². The Morgan fingerprint density at radius 1 is 1.00 bits per heavy atom. The highest BCUT2D eigenvalue weighted by atomic mass is 15.0. The molecule has 102 valence electrons. The molecule has 0 aliphatic heterocycles. The van der Waals surface area contributed by atoms with Crippen molar-refractivity contribution in [2.75, 3.05) is 6.54 Å². The second kappa shape index (κ2) is 4.21. The van der Waals surface area contributed by atoms with E-state index in [4.69, 9.17) is 5.73 Å². The van der Waals surface area contributed by atoms with Crippen LogP contribution in [0.3, 0.4) is 0 Å². The summed E-state index contributed by atoms with van der Waals surface area (Å²) in [5.41, 5.74) is 6.68. The summed E-state index contributed by atoms with van der Waals surface area (Å²) in [4.78, 5) is 0. The lowest BCUT2D eigenvalue weighted by molar-refractivity contribution is 0.272. The fourth-order valence-electron chi connectivity index (χ4n) is 5.59. The summed E-state index contributed by atoms with van der Waals surface area (Å²) in [5, 5.41) is 3.85. The molecule has 0 aromatic heterocycles. The van der Waals surface area contributed by atoms with E-state index in [-0.39, 0.29) is 5.54 Å². The largest absolute Gasteiger partial charge is 0.325 e. The molecule has 4 unspecified atom stereocenters. The highest BCUT2D eigenvalue weighted by Crippen LogP contribution is 2.65. The first-order chi connectivity index (χ1) is 8.77. The number of fused-ring (bicyclic) bond motifs is 5. The van der Waals surface area contributed by atoms with Crippen LogP contribution in [0.25, 0.3) is 0 Å². The van der Waals surface area contributed by atoms with E-state index in [1.54, 1.807) is 6.42 Å². The molecule has 4 rings (SSSR count). The lowest BCUT2D eigenvalue weighted by Crippen LogP contribution is -2.44. The maximum absolute atomic E-state index is 6.51. The summed E-state index contributed by atoms with van der Waals surface area (Å²) >= 11 is 0. The number of nitrogens with two attached hydrogens (primary N) is 1. The molecule has 0 amide bonds. The van der Waals surface area contributed by atoms with E-state index < -0.39 is 0 Å². The summed E-state index contributed by atoms with van der Waals surface area (Å²) in [7, 11) is 0. The van der Waals surface area contributed by atoms with Crippen LogP contribution in [0.1, 0.15) is 57.8 Å². The van der Waals surface area contributed by atoms with E-state index in [1.807, 2.05) is 0 Å². The van der Waals surface area contributed by atoms with E-state index >= 15 is 0 Å². The molecule has 0 aromatic rings. The van der Waals surface area contributed by atoms with Crippen LogP contribution in [0.2, 0.25) is 0 Å². The smallest absolute Gasteiger partial charge is 0.0166 e. The van der Waals surface area contributed by atoms with Crippen LogP contribution in [0.5, 0.6) is 0 Å². The van der Waals surface area contributed by atoms with Gasteiger partial charge in [-0.1, -0.05) is 19.3 Å². The number of rotatable bonds is 4. The van der Waals surface area contributed by atoms with Gasteiger partial charge in [-0.2, -0.15) is 0 Å². The van der Waals surface area contributed by atoms with Gasteiger partial charge in [0.1, 0.15) is 0 Å². The Balaban J connectivity index is 1.24. The van der Waals surface area contributed by atoms with Crippen molar-refractivity contribution in [3.8, 4) is 0 Å². The van der Waals surface area contributed by atoms with Crippen molar-refractivity contribution in [2.24, 2.45) is 29.4 Å². The van der Waals surface area contributed by atoms with Crippen molar-refractivity contribution >= 4 is 0 Å². The second-order valence-electron chi connectivity index (χ2n) is 7.64. The van der Waals surface area contributed by atoms with Gasteiger partial charge in [-0.05, 0) is 68.7 Å². The van der Waals surface area contributed by atoms with Gasteiger partial charge in [-0.15, -0.1) is 0 Å². The fourth-order valence-corrected chi connectivity index (χ4v) is 5.59. The Bertz CT molecular complexity index is 305. The van der Waals surface area contributed by atoms with Gasteiger partial charge in [0.15, 0.2) is 0 Å². The Morgan fingerprint density at radius 2 is 1.67 bits per heavy atom. The third-order valence-corrected chi connectivity index (χ3v) is 6.59. The summed E-state index contributed by atoms with van der Waals surface area (Å²) in [5.74, 6) is 4.34. The van der Waals surface area contributed by atoms with E-state index in [1.165, 1.54) is 57.9 Å². The minimum absolute atomic E-state index is 0.175. The van der Waals surface area contributed by atoms with Gasteiger partial charge in [0.2, 0.25) is 0 Å². The van der Waals surface area contributed by atoms with E-state index in [9.17, 15) is 0 Å². The van der Waals surface area contributed by atoms with Gasteiger partial charge >= 0.3 is 0 Å². The molecule has 4 fully saturated rings. The number of hydrogen-bond acceptors (Lipinski definition) is 2. The van der Waals surface area contributed by atoms with Gasteiger partial charge in [0.25, 0.3) is 0 Å². The molecule has 4 aliphatic carbocycles. The standard InChI is InChI=1S/C16H28N2/c17-16(6-2-1-3-7-16)8-9-18-15-13-11-4-5-12(10-11)14(13)15/h11-15,18H,1-10,17H2. The van der Waals surface area contributed by atoms with Crippen molar-refractivity contribution < 1.29 is 0 Å². The van der Waals surface area contributed by atoms with E-state index in [0.29, 0.717) is 0 Å². The second-order valence-corrected chi connectivity index (χ2v) is 7.64. The lowest BCUT2D eigenvalue weighted by Gasteiger charge is -2.33. The van der Waals surface area contributed by atoms with Crippen LogP contribution >= 0.6 is 0 Å². The molecule has 4 atom stereocenters. The van der Waals surface area contributed by atoms with Crippen LogP contribution in [-0.2, 0) is 0 Å². The summed E-state index contributed by atoms with van der Waals surface area (Å²) in [6.45, 7) is 1.17. The topological polar surface area (TPSA) is 38.0 Å². The molecule has 2 heteroatoms. The molecular weight excluding hydrogens is 220 g/mol. The van der Waals surface area contributed by atoms with Crippen LogP contribution in [0.4, 0.5) is 0 Å². The average molecular weight is 248 g/mol. The molecule has 0 aromatic carbocycles. The minimum atomic E-state index is 0.175. The maximum Gasteiger partial charge on any atom is 0.0166 e. The van der Waals surface area contributed by atoms with Crippen LogP contribution in [-0.4, -0.2) is 18.1 Å². The zero-order valence-corrected chi connectivity index (χ0v) is 11.5. The Kier molecular flexibility index (Phi) is 2.74. The number of hydrogen-bond donors (Lipinski definition) is 2. The van der Waals surface area contributed by atoms with Gasteiger partial charge < -0.3 is 11.1 Å². The predicted octanol–water partition coefficient (Wildman–Crippen LogP) is 2.67. The van der Waals surface area contributed by atoms with Gasteiger partial charge in [0.05, 0.1) is 0 Å². The van der Waals surface area contributed by atoms with Crippen molar-refractivity contribution in [1.29, 1.82) is 0 Å². The first-order valence-corrected chi connectivity index (χ1v) is 8.29. The molecule has 2 bridgehead atoms. The molecule has 0 heterocycles. The first-order valence-electron chi connectivity index (χ1n) is 8.29. The molecule has 0 saturated heterocycles. The summed E-state index contributed by atoms with van der Waals surface area (Å²) < 4.78 is 0. The monoisotopic (exact) mass is 248 g/mol. The van der Waals surface area contributed by atoms with E-state index in [0.717, 1.165) is 29.7 Å². The molecule has 2 nitrogen and oxygen atoms in total. The Labute approximate surface area is 111 Å². The highest BCUT2D eigenvalue weighted by molar-refractivity contribution is 5.16. The Morgan fingerprint density at radius 3 is 2.33 bits per heavy atom. The molecule has 18 heavy (non-hydrogen) atoms. The quantitative estimate of drug-likeness (QED) is 0.803. The van der Waals surface area contributed by atoms with Crippen molar-refractivity contribution in [3.05, 3.63) is 0 Å². The van der Waals surface area contributed by atoms with Crippen molar-refractivity contribution in [1.82, 2.24) is 5.32 Å². The van der Waals surface area contributed by atoms with Crippen molar-refractivity contribution in [3.63, 3.8) is 0 Å². The maximum atomic E-state index is 6.51. The fraction of sp³-hybridized carbons (Fsp3) is 1.00. The summed E-state index contributed by atoms with van der Waals surface area (Å²) in [6.07, 6.45) is 12.5. The SMILES string of the molecule is NC1(CCNC2C3C4CCC(C4)C23)CCCCC1. The summed E-state index contributed by atoms with van der Waals surface area (Å²) in [6, 6.07) is 0.892. The van der Waals surface area contributed by atoms with Gasteiger partial charge in [-0.25, -0.2) is 0 Å². The van der Waals surface area contributed by atoms with Crippen LogP contribution < -0.4 is 11.1 Å². The molecular formula is C16H28N2. The average Bonchev–Trinajstić information content (AvgIpc) is 2.78. The first kappa shape index (κ1) is 11.7. The van der Waals surface area contributed by atoms with Crippen LogP contribution in [0, 0.1) is 23.7 Å². The van der Waals surface area contributed by atoms with E-state index in [2.05, 4.69) is 5.32 Å². The molecule has 3 N–H and O–H groups in total. The predicted molar refractivity (Wildman–Crippen MR) is 74.2 cm³/mol. The van der Waals surface area contributed by atoms with Crippen LogP contribution in [0.15, 0.2) is 0 Å². The normalized spacial score (nSPS) is 48.2. The third-order valence-electron chi connectivity index (χ3n) is 6.59. The highest BCUT2D eigenvalue weighted by Gasteiger charge is 2.64. The van der Waals surface area contributed by atoms with Crippen molar-refractivity contribution in [2.45, 2.75) is 69.4 Å². The van der Waals surface area contributed by atoms with Gasteiger partial charge in [-0.3, -0.25) is 0 Å². The molecule has 4 aliphatic rings. The molecule has 0 spiro atoms. The number of nitrogens with one attached hydrogen (secondary N) is 1. The zero-order chi connectivity index (χ0) is 12.2. The third kappa shape index (κ3) is 1.84. The molecule has 4 saturated carbocycles. The minimum Gasteiger partial charge on any atom is -0.325 e. The zero-order valence-electron chi connectivity index (χ0n) is 11.5. The molecule has 0 radical (unpaired) electrons. The Hall–Kier alpha value is -0.0800.